The van der Waals surface area contributed by atoms with Crippen LogP contribution in [-0.4, -0.2) is 5.78 Å². The van der Waals surface area contributed by atoms with E-state index in [1.807, 2.05) is 0 Å². The summed E-state index contributed by atoms with van der Waals surface area (Å²) in [5, 5.41) is 0.481. The first-order valence-electron chi connectivity index (χ1n) is 6.61. The Bertz CT molecular complexity index is 425. The molecule has 1 saturated carbocycles. The SMILES string of the molecule is O=C(CCC1CCCC1)Cc1cc(Cl)ccc1F. The van der Waals surface area contributed by atoms with Crippen LogP contribution in [0.1, 0.15) is 44.1 Å². The average molecular weight is 269 g/mol. The molecule has 0 radical (unpaired) electrons. The lowest BCUT2D eigenvalue weighted by molar-refractivity contribution is -0.118. The van der Waals surface area contributed by atoms with Crippen LogP contribution in [0.25, 0.3) is 0 Å². The number of carbonyl (C=O) groups is 1. The summed E-state index contributed by atoms with van der Waals surface area (Å²) in [5.41, 5.74) is 0.416. The topological polar surface area (TPSA) is 17.1 Å². The molecule has 0 aromatic heterocycles. The third-order valence-electron chi connectivity index (χ3n) is 3.70. The van der Waals surface area contributed by atoms with Crippen LogP contribution in [0.2, 0.25) is 5.02 Å². The highest BCUT2D eigenvalue weighted by atomic mass is 35.5. The summed E-state index contributed by atoms with van der Waals surface area (Å²) in [7, 11) is 0. The zero-order valence-electron chi connectivity index (χ0n) is 10.4. The molecule has 0 saturated heterocycles. The van der Waals surface area contributed by atoms with Gasteiger partial charge in [0.2, 0.25) is 0 Å². The number of Topliss-reactive ketones (excluding diaryl/α,β-unsaturated/α-hetero) is 1. The van der Waals surface area contributed by atoms with Crippen LogP contribution >= 0.6 is 11.6 Å². The summed E-state index contributed by atoms with van der Waals surface area (Å²) >= 11 is 5.80. The molecule has 98 valence electrons. The highest BCUT2D eigenvalue weighted by Gasteiger charge is 2.16. The maximum absolute atomic E-state index is 13.5. The summed E-state index contributed by atoms with van der Waals surface area (Å²) in [4.78, 5) is 11.8. The maximum Gasteiger partial charge on any atom is 0.137 e. The molecule has 2 rings (SSSR count). The number of rotatable bonds is 5. The molecular weight excluding hydrogens is 251 g/mol. The molecular formula is C15H18ClFO. The Morgan fingerprint density at radius 3 is 2.78 bits per heavy atom. The van der Waals surface area contributed by atoms with Crippen LogP contribution in [0.3, 0.4) is 0 Å². The molecule has 0 aliphatic heterocycles. The van der Waals surface area contributed by atoms with Gasteiger partial charge in [-0.1, -0.05) is 37.3 Å². The molecule has 1 aromatic rings. The number of carbonyl (C=O) groups excluding carboxylic acids is 1. The van der Waals surface area contributed by atoms with Gasteiger partial charge in [-0.05, 0) is 36.1 Å². The van der Waals surface area contributed by atoms with Crippen molar-refractivity contribution in [1.82, 2.24) is 0 Å². The minimum absolute atomic E-state index is 0.114. The summed E-state index contributed by atoms with van der Waals surface area (Å²) in [6.45, 7) is 0. The van der Waals surface area contributed by atoms with Crippen LogP contribution < -0.4 is 0 Å². The predicted molar refractivity (Wildman–Crippen MR) is 71.3 cm³/mol. The Hall–Kier alpha value is -0.890. The zero-order valence-corrected chi connectivity index (χ0v) is 11.2. The van der Waals surface area contributed by atoms with Gasteiger partial charge in [0.1, 0.15) is 11.6 Å². The third-order valence-corrected chi connectivity index (χ3v) is 3.94. The summed E-state index contributed by atoms with van der Waals surface area (Å²) in [5.74, 6) is 0.481. The monoisotopic (exact) mass is 268 g/mol. The quantitative estimate of drug-likeness (QED) is 0.765. The fraction of sp³-hybridized carbons (Fsp3) is 0.533. The zero-order chi connectivity index (χ0) is 13.0. The van der Waals surface area contributed by atoms with Crippen molar-refractivity contribution >= 4 is 17.4 Å². The summed E-state index contributed by atoms with van der Waals surface area (Å²) in [6, 6.07) is 4.37. The van der Waals surface area contributed by atoms with Gasteiger partial charge < -0.3 is 0 Å². The predicted octanol–water partition coefficient (Wildman–Crippen LogP) is 4.56. The lowest BCUT2D eigenvalue weighted by atomic mass is 9.97. The van der Waals surface area contributed by atoms with E-state index in [1.54, 1.807) is 6.07 Å². The van der Waals surface area contributed by atoms with E-state index in [1.165, 1.54) is 37.8 Å². The first-order valence-corrected chi connectivity index (χ1v) is 6.98. The van der Waals surface area contributed by atoms with Gasteiger partial charge in [-0.3, -0.25) is 4.79 Å². The average Bonchev–Trinajstić information content (AvgIpc) is 2.84. The van der Waals surface area contributed by atoms with E-state index in [-0.39, 0.29) is 18.0 Å². The molecule has 0 bridgehead atoms. The maximum atomic E-state index is 13.5. The fourth-order valence-electron chi connectivity index (χ4n) is 2.64. The molecule has 0 spiro atoms. The van der Waals surface area contributed by atoms with Crippen molar-refractivity contribution in [1.29, 1.82) is 0 Å². The number of hydrogen-bond acceptors (Lipinski definition) is 1. The lowest BCUT2D eigenvalue weighted by Crippen LogP contribution is -2.07. The van der Waals surface area contributed by atoms with E-state index in [4.69, 9.17) is 11.6 Å². The number of hydrogen-bond donors (Lipinski definition) is 0. The van der Waals surface area contributed by atoms with Gasteiger partial charge in [0.25, 0.3) is 0 Å². The van der Waals surface area contributed by atoms with Crippen LogP contribution in [0.5, 0.6) is 0 Å². The number of halogens is 2. The standard InChI is InChI=1S/C15H18ClFO/c16-13-6-8-15(17)12(9-13)10-14(18)7-5-11-3-1-2-4-11/h6,8-9,11H,1-5,7,10H2. The number of ketones is 1. The molecule has 1 nitrogen and oxygen atoms in total. The van der Waals surface area contributed by atoms with Crippen molar-refractivity contribution in [3.05, 3.63) is 34.6 Å². The molecule has 18 heavy (non-hydrogen) atoms. The van der Waals surface area contributed by atoms with Gasteiger partial charge in [0.15, 0.2) is 0 Å². The lowest BCUT2D eigenvalue weighted by Gasteiger charge is -2.08. The van der Waals surface area contributed by atoms with E-state index in [2.05, 4.69) is 0 Å². The summed E-state index contributed by atoms with van der Waals surface area (Å²) < 4.78 is 13.5. The molecule has 1 fully saturated rings. The van der Waals surface area contributed by atoms with E-state index in [0.717, 1.165) is 6.42 Å². The number of benzene rings is 1. The molecule has 0 amide bonds. The normalized spacial score (nSPS) is 16.1. The molecule has 1 aliphatic rings. The van der Waals surface area contributed by atoms with Crippen molar-refractivity contribution in [2.75, 3.05) is 0 Å². The first kappa shape index (κ1) is 13.5. The van der Waals surface area contributed by atoms with E-state index >= 15 is 0 Å². The van der Waals surface area contributed by atoms with Crippen LogP contribution in [0.15, 0.2) is 18.2 Å². The Morgan fingerprint density at radius 2 is 2.06 bits per heavy atom. The minimum Gasteiger partial charge on any atom is -0.299 e. The van der Waals surface area contributed by atoms with Crippen molar-refractivity contribution < 1.29 is 9.18 Å². The smallest absolute Gasteiger partial charge is 0.137 e. The molecule has 0 heterocycles. The van der Waals surface area contributed by atoms with Gasteiger partial charge in [0.05, 0.1) is 0 Å². The van der Waals surface area contributed by atoms with Gasteiger partial charge in [-0.2, -0.15) is 0 Å². The molecule has 1 aromatic carbocycles. The second-order valence-corrected chi connectivity index (χ2v) is 5.58. The van der Waals surface area contributed by atoms with Crippen molar-refractivity contribution in [2.24, 2.45) is 5.92 Å². The van der Waals surface area contributed by atoms with E-state index in [9.17, 15) is 9.18 Å². The highest BCUT2D eigenvalue weighted by molar-refractivity contribution is 6.30. The minimum atomic E-state index is -0.339. The van der Waals surface area contributed by atoms with E-state index in [0.29, 0.717) is 22.9 Å². The fourth-order valence-corrected chi connectivity index (χ4v) is 2.84. The van der Waals surface area contributed by atoms with Crippen molar-refractivity contribution in [3.8, 4) is 0 Å². The van der Waals surface area contributed by atoms with Gasteiger partial charge >= 0.3 is 0 Å². The molecule has 0 N–H and O–H groups in total. The van der Waals surface area contributed by atoms with Gasteiger partial charge in [-0.25, -0.2) is 4.39 Å². The molecule has 1 aliphatic carbocycles. The van der Waals surface area contributed by atoms with Crippen LogP contribution in [0.4, 0.5) is 4.39 Å². The van der Waals surface area contributed by atoms with Gasteiger partial charge in [0, 0.05) is 17.9 Å². The Balaban J connectivity index is 1.84. The highest BCUT2D eigenvalue weighted by Crippen LogP contribution is 2.28. The van der Waals surface area contributed by atoms with Gasteiger partial charge in [-0.15, -0.1) is 0 Å². The first-order chi connectivity index (χ1) is 8.65. The van der Waals surface area contributed by atoms with E-state index < -0.39 is 0 Å². The summed E-state index contributed by atoms with van der Waals surface area (Å²) in [6.07, 6.45) is 6.78. The Morgan fingerprint density at radius 1 is 1.33 bits per heavy atom. The second kappa shape index (κ2) is 6.33. The van der Waals surface area contributed by atoms with Crippen molar-refractivity contribution in [2.45, 2.75) is 44.9 Å². The largest absolute Gasteiger partial charge is 0.299 e. The molecule has 3 heteroatoms. The van der Waals surface area contributed by atoms with Crippen molar-refractivity contribution in [3.63, 3.8) is 0 Å². The Labute approximate surface area is 112 Å². The second-order valence-electron chi connectivity index (χ2n) is 5.14. The van der Waals surface area contributed by atoms with Crippen LogP contribution in [0, 0.1) is 11.7 Å². The molecule has 0 atom stereocenters. The third kappa shape index (κ3) is 3.81. The molecule has 0 unspecified atom stereocenters. The van der Waals surface area contributed by atoms with Crippen LogP contribution in [-0.2, 0) is 11.2 Å². The Kier molecular flexibility index (Phi) is 4.76.